The van der Waals surface area contributed by atoms with Crippen molar-refractivity contribution in [3.05, 3.63) is 28.7 Å². The second-order valence-electron chi connectivity index (χ2n) is 5.40. The van der Waals surface area contributed by atoms with Crippen molar-refractivity contribution in [1.82, 2.24) is 5.32 Å². The van der Waals surface area contributed by atoms with Crippen LogP contribution in [0.15, 0.2) is 12.7 Å². The van der Waals surface area contributed by atoms with E-state index in [1.54, 1.807) is 17.4 Å². The van der Waals surface area contributed by atoms with Crippen LogP contribution < -0.4 is 10.6 Å². The standard InChI is InChI=1S/C16H22N2O2S2/c1-4-8-17-16(21)18-14-13(15(19)20-5-2)11-9-10(3)6-7-12(11)22-14/h4,10H,1,5-9H2,2-3H3,(H2,17,18,21)/t10-/m1/s1. The van der Waals surface area contributed by atoms with Crippen LogP contribution in [-0.2, 0) is 17.6 Å². The molecule has 2 N–H and O–H groups in total. The average molecular weight is 338 g/mol. The molecule has 0 spiro atoms. The molecular formula is C16H22N2O2S2. The first-order valence-electron chi connectivity index (χ1n) is 7.54. The minimum atomic E-state index is -0.261. The number of thiophene rings is 1. The molecule has 0 radical (unpaired) electrons. The number of hydrogen-bond donors (Lipinski definition) is 2. The molecule has 0 bridgehead atoms. The van der Waals surface area contributed by atoms with Gasteiger partial charge in [0.25, 0.3) is 0 Å². The Balaban J connectivity index is 2.29. The number of anilines is 1. The molecule has 0 unspecified atom stereocenters. The van der Waals surface area contributed by atoms with Gasteiger partial charge in [-0.15, -0.1) is 17.9 Å². The van der Waals surface area contributed by atoms with E-state index in [0.29, 0.717) is 29.7 Å². The summed E-state index contributed by atoms with van der Waals surface area (Å²) in [4.78, 5) is 13.6. The van der Waals surface area contributed by atoms with Gasteiger partial charge >= 0.3 is 5.97 Å². The van der Waals surface area contributed by atoms with Gasteiger partial charge in [-0.1, -0.05) is 13.0 Å². The van der Waals surface area contributed by atoms with Crippen molar-refractivity contribution in [1.29, 1.82) is 0 Å². The number of thiocarbonyl (C=S) groups is 1. The summed E-state index contributed by atoms with van der Waals surface area (Å²) in [6.07, 6.45) is 4.84. The zero-order valence-corrected chi connectivity index (χ0v) is 14.7. The fourth-order valence-electron chi connectivity index (χ4n) is 2.58. The van der Waals surface area contributed by atoms with E-state index in [9.17, 15) is 4.79 Å². The molecule has 6 heteroatoms. The first-order chi connectivity index (χ1) is 10.6. The van der Waals surface area contributed by atoms with Crippen LogP contribution in [-0.4, -0.2) is 24.2 Å². The summed E-state index contributed by atoms with van der Waals surface area (Å²) < 4.78 is 5.24. The summed E-state index contributed by atoms with van der Waals surface area (Å²) in [5.74, 6) is 0.331. The van der Waals surface area contributed by atoms with Gasteiger partial charge in [0, 0.05) is 11.4 Å². The van der Waals surface area contributed by atoms with Crippen molar-refractivity contribution >= 4 is 39.6 Å². The molecular weight excluding hydrogens is 316 g/mol. The van der Waals surface area contributed by atoms with Gasteiger partial charge in [-0.2, -0.15) is 0 Å². The second kappa shape index (κ2) is 7.74. The van der Waals surface area contributed by atoms with Gasteiger partial charge in [-0.25, -0.2) is 4.79 Å². The average Bonchev–Trinajstić information content (AvgIpc) is 2.82. The van der Waals surface area contributed by atoms with Crippen LogP contribution in [0.2, 0.25) is 0 Å². The van der Waals surface area contributed by atoms with Crippen LogP contribution >= 0.6 is 23.6 Å². The quantitative estimate of drug-likeness (QED) is 0.489. The smallest absolute Gasteiger partial charge is 0.341 e. The number of esters is 1. The number of ether oxygens (including phenoxy) is 1. The van der Waals surface area contributed by atoms with Gasteiger partial charge < -0.3 is 15.4 Å². The lowest BCUT2D eigenvalue weighted by Crippen LogP contribution is -2.28. The third-order valence-corrected chi connectivity index (χ3v) is 5.07. The summed E-state index contributed by atoms with van der Waals surface area (Å²) in [7, 11) is 0. The number of rotatable bonds is 5. The normalized spacial score (nSPS) is 16.5. The second-order valence-corrected chi connectivity index (χ2v) is 6.91. The SMILES string of the molecule is C=CCNC(=S)Nc1sc2c(c1C(=O)OCC)C[C@H](C)CC2. The van der Waals surface area contributed by atoms with Crippen LogP contribution in [0.1, 0.15) is 41.1 Å². The largest absolute Gasteiger partial charge is 0.462 e. The molecule has 1 aliphatic rings. The molecule has 120 valence electrons. The number of aryl methyl sites for hydroxylation is 1. The van der Waals surface area contributed by atoms with Crippen LogP contribution in [0.4, 0.5) is 5.00 Å². The number of hydrogen-bond acceptors (Lipinski definition) is 4. The summed E-state index contributed by atoms with van der Waals surface area (Å²) >= 11 is 6.88. The molecule has 4 nitrogen and oxygen atoms in total. The molecule has 22 heavy (non-hydrogen) atoms. The zero-order chi connectivity index (χ0) is 16.1. The van der Waals surface area contributed by atoms with Crippen molar-refractivity contribution in [3.8, 4) is 0 Å². The number of nitrogens with one attached hydrogen (secondary N) is 2. The lowest BCUT2D eigenvalue weighted by atomic mass is 9.88. The third kappa shape index (κ3) is 3.87. The molecule has 1 atom stereocenters. The molecule has 1 aromatic rings. The first kappa shape index (κ1) is 17.0. The highest BCUT2D eigenvalue weighted by molar-refractivity contribution is 7.80. The minimum absolute atomic E-state index is 0.261. The Morgan fingerprint density at radius 2 is 2.36 bits per heavy atom. The van der Waals surface area contributed by atoms with Gasteiger partial charge in [0.1, 0.15) is 5.00 Å². The maximum absolute atomic E-state index is 12.4. The number of carbonyl (C=O) groups excluding carboxylic acids is 1. The Labute approximate surface area is 140 Å². The van der Waals surface area contributed by atoms with Crippen LogP contribution in [0, 0.1) is 5.92 Å². The van der Waals surface area contributed by atoms with Gasteiger partial charge in [-0.3, -0.25) is 0 Å². The van der Waals surface area contributed by atoms with Gasteiger partial charge in [0.15, 0.2) is 5.11 Å². The van der Waals surface area contributed by atoms with Crippen LogP contribution in [0.25, 0.3) is 0 Å². The lowest BCUT2D eigenvalue weighted by Gasteiger charge is -2.18. The Morgan fingerprint density at radius 1 is 1.59 bits per heavy atom. The van der Waals surface area contributed by atoms with Crippen molar-refractivity contribution in [2.24, 2.45) is 5.92 Å². The Hall–Kier alpha value is -1.40. The van der Waals surface area contributed by atoms with E-state index >= 15 is 0 Å². The topological polar surface area (TPSA) is 50.4 Å². The Kier molecular flexibility index (Phi) is 5.97. The van der Waals surface area contributed by atoms with Crippen molar-refractivity contribution in [2.75, 3.05) is 18.5 Å². The molecule has 0 aromatic carbocycles. The minimum Gasteiger partial charge on any atom is -0.462 e. The summed E-state index contributed by atoms with van der Waals surface area (Å²) in [5.41, 5.74) is 1.80. The molecule has 1 aromatic heterocycles. The highest BCUT2D eigenvalue weighted by atomic mass is 32.1. The Morgan fingerprint density at radius 3 is 3.05 bits per heavy atom. The molecule has 2 rings (SSSR count). The van der Waals surface area contributed by atoms with E-state index < -0.39 is 0 Å². The van der Waals surface area contributed by atoms with E-state index in [-0.39, 0.29) is 5.97 Å². The number of fused-ring (bicyclic) bond motifs is 1. The Bertz CT molecular complexity index is 581. The molecule has 1 aliphatic carbocycles. The van der Waals surface area contributed by atoms with E-state index in [4.69, 9.17) is 17.0 Å². The summed E-state index contributed by atoms with van der Waals surface area (Å²) in [5, 5.41) is 7.46. The monoisotopic (exact) mass is 338 g/mol. The highest BCUT2D eigenvalue weighted by Crippen LogP contribution is 2.40. The van der Waals surface area contributed by atoms with Crippen molar-refractivity contribution in [3.63, 3.8) is 0 Å². The molecule has 0 saturated carbocycles. The van der Waals surface area contributed by atoms with E-state index in [1.165, 1.54) is 4.88 Å². The van der Waals surface area contributed by atoms with Crippen LogP contribution in [0.5, 0.6) is 0 Å². The fourth-order valence-corrected chi connectivity index (χ4v) is 4.06. The van der Waals surface area contributed by atoms with Crippen molar-refractivity contribution < 1.29 is 9.53 Å². The highest BCUT2D eigenvalue weighted by Gasteiger charge is 2.28. The van der Waals surface area contributed by atoms with Crippen LogP contribution in [0.3, 0.4) is 0 Å². The van der Waals surface area contributed by atoms with Crippen molar-refractivity contribution in [2.45, 2.75) is 33.1 Å². The maximum atomic E-state index is 12.4. The van der Waals surface area contributed by atoms with E-state index in [0.717, 1.165) is 29.8 Å². The molecule has 0 amide bonds. The van der Waals surface area contributed by atoms with Gasteiger partial charge in [0.2, 0.25) is 0 Å². The van der Waals surface area contributed by atoms with Gasteiger partial charge in [0.05, 0.1) is 12.2 Å². The van der Waals surface area contributed by atoms with E-state index in [2.05, 4.69) is 24.1 Å². The fraction of sp³-hybridized carbons (Fsp3) is 0.500. The predicted molar refractivity (Wildman–Crippen MR) is 95.9 cm³/mol. The first-order valence-corrected chi connectivity index (χ1v) is 8.76. The summed E-state index contributed by atoms with van der Waals surface area (Å²) in [6.45, 7) is 8.65. The molecule has 0 aliphatic heterocycles. The maximum Gasteiger partial charge on any atom is 0.341 e. The van der Waals surface area contributed by atoms with Gasteiger partial charge in [-0.05, 0) is 49.9 Å². The number of carbonyl (C=O) groups is 1. The molecule has 0 fully saturated rings. The lowest BCUT2D eigenvalue weighted by molar-refractivity contribution is 0.0526. The van der Waals surface area contributed by atoms with E-state index in [1.807, 2.05) is 6.92 Å². The predicted octanol–water partition coefficient (Wildman–Crippen LogP) is 3.52. The molecule has 1 heterocycles. The molecule has 0 saturated heterocycles. The third-order valence-electron chi connectivity index (χ3n) is 3.62. The summed E-state index contributed by atoms with van der Waals surface area (Å²) in [6, 6.07) is 0. The zero-order valence-electron chi connectivity index (χ0n) is 13.0.